The van der Waals surface area contributed by atoms with Gasteiger partial charge in [-0.05, 0) is 25.7 Å². The van der Waals surface area contributed by atoms with E-state index < -0.39 is 5.54 Å². The van der Waals surface area contributed by atoms with Gasteiger partial charge in [-0.15, -0.1) is 0 Å². The van der Waals surface area contributed by atoms with E-state index in [1.807, 2.05) is 6.92 Å². The van der Waals surface area contributed by atoms with Crippen LogP contribution in [0.5, 0.6) is 0 Å². The quantitative estimate of drug-likeness (QED) is 0.722. The topological polar surface area (TPSA) is 73.6 Å². The van der Waals surface area contributed by atoms with E-state index in [9.17, 15) is 4.79 Å². The highest BCUT2D eigenvalue weighted by Crippen LogP contribution is 2.29. The van der Waals surface area contributed by atoms with E-state index in [0.717, 1.165) is 32.5 Å². The van der Waals surface area contributed by atoms with Gasteiger partial charge in [-0.1, -0.05) is 6.92 Å². The largest absolute Gasteiger partial charge is 0.381 e. The maximum Gasteiger partial charge on any atom is 0.238 e. The summed E-state index contributed by atoms with van der Waals surface area (Å²) >= 11 is 0. The second-order valence-electron chi connectivity index (χ2n) is 5.27. The molecule has 3 atom stereocenters. The minimum absolute atomic E-state index is 0.182. The Balaban J connectivity index is 2.00. The number of hydrogen-bond acceptors (Lipinski definition) is 4. The number of carbonyl (C=O) groups excluding carboxylic acids is 1. The molecule has 0 aromatic carbocycles. The van der Waals surface area contributed by atoms with Gasteiger partial charge < -0.3 is 20.5 Å². The van der Waals surface area contributed by atoms with Crippen molar-refractivity contribution < 1.29 is 14.3 Å². The average Bonchev–Trinajstić information content (AvgIpc) is 3.02. The third kappa shape index (κ3) is 2.68. The molecule has 0 aromatic heterocycles. The molecule has 0 spiro atoms. The lowest BCUT2D eigenvalue weighted by atomic mass is 9.80. The second-order valence-corrected chi connectivity index (χ2v) is 5.27. The molecule has 18 heavy (non-hydrogen) atoms. The number of primary amides is 1. The maximum atomic E-state index is 11.9. The first-order valence-corrected chi connectivity index (χ1v) is 6.93. The summed E-state index contributed by atoms with van der Waals surface area (Å²) < 4.78 is 11.0. The molecule has 0 bridgehead atoms. The highest BCUT2D eigenvalue weighted by Gasteiger charge is 2.44. The highest BCUT2D eigenvalue weighted by molar-refractivity contribution is 5.85. The number of rotatable bonds is 6. The standard InChI is InChI=1S/C13H24N2O3/c1-2-13(12(14)16,10-5-7-17-9-10)15-8-11-4-3-6-18-11/h10-11,15H,2-9H2,1H3,(H2,14,16). The first kappa shape index (κ1) is 13.8. The molecule has 0 saturated carbocycles. The van der Waals surface area contributed by atoms with Crippen molar-refractivity contribution in [2.24, 2.45) is 11.7 Å². The number of ether oxygens (including phenoxy) is 2. The van der Waals surface area contributed by atoms with Crippen LogP contribution in [-0.2, 0) is 14.3 Å². The SMILES string of the molecule is CCC(NCC1CCCO1)(C(N)=O)C1CCOC1. The first-order valence-electron chi connectivity index (χ1n) is 6.93. The van der Waals surface area contributed by atoms with Crippen LogP contribution in [0.2, 0.25) is 0 Å². The third-order valence-corrected chi connectivity index (χ3v) is 4.29. The molecule has 1 amide bonds. The zero-order valence-electron chi connectivity index (χ0n) is 11.1. The smallest absolute Gasteiger partial charge is 0.238 e. The van der Waals surface area contributed by atoms with Gasteiger partial charge in [0.15, 0.2) is 0 Å². The van der Waals surface area contributed by atoms with Crippen LogP contribution in [0.15, 0.2) is 0 Å². The summed E-state index contributed by atoms with van der Waals surface area (Å²) in [6.45, 7) is 4.88. The van der Waals surface area contributed by atoms with E-state index in [-0.39, 0.29) is 17.9 Å². The van der Waals surface area contributed by atoms with Crippen LogP contribution in [0.3, 0.4) is 0 Å². The van der Waals surface area contributed by atoms with Crippen LogP contribution in [0, 0.1) is 5.92 Å². The van der Waals surface area contributed by atoms with Crippen LogP contribution < -0.4 is 11.1 Å². The monoisotopic (exact) mass is 256 g/mol. The van der Waals surface area contributed by atoms with E-state index >= 15 is 0 Å². The molecular weight excluding hydrogens is 232 g/mol. The molecule has 2 rings (SSSR count). The summed E-state index contributed by atoms with van der Waals surface area (Å²) in [4.78, 5) is 11.9. The number of hydrogen-bond donors (Lipinski definition) is 2. The summed E-state index contributed by atoms with van der Waals surface area (Å²) in [6, 6.07) is 0. The van der Waals surface area contributed by atoms with Gasteiger partial charge >= 0.3 is 0 Å². The Kier molecular flexibility index (Phi) is 4.59. The molecule has 5 heteroatoms. The van der Waals surface area contributed by atoms with Gasteiger partial charge in [0.1, 0.15) is 5.54 Å². The van der Waals surface area contributed by atoms with Crippen molar-refractivity contribution in [2.45, 2.75) is 44.2 Å². The molecule has 2 aliphatic heterocycles. The lowest BCUT2D eigenvalue weighted by molar-refractivity contribution is -0.127. The number of nitrogens with one attached hydrogen (secondary N) is 1. The molecule has 0 aromatic rings. The fourth-order valence-corrected chi connectivity index (χ4v) is 3.05. The molecule has 2 heterocycles. The second kappa shape index (κ2) is 5.99. The number of carbonyl (C=O) groups is 1. The Hall–Kier alpha value is -0.650. The molecule has 0 radical (unpaired) electrons. The van der Waals surface area contributed by atoms with Gasteiger partial charge in [0.2, 0.25) is 5.91 Å². The fourth-order valence-electron chi connectivity index (χ4n) is 3.05. The Morgan fingerprint density at radius 2 is 2.28 bits per heavy atom. The van der Waals surface area contributed by atoms with E-state index in [2.05, 4.69) is 5.32 Å². The van der Waals surface area contributed by atoms with E-state index in [1.165, 1.54) is 0 Å². The summed E-state index contributed by atoms with van der Waals surface area (Å²) in [6.07, 6.45) is 3.98. The zero-order chi connectivity index (χ0) is 13.0. The average molecular weight is 256 g/mol. The van der Waals surface area contributed by atoms with Gasteiger partial charge in [0, 0.05) is 25.7 Å². The van der Waals surface area contributed by atoms with Crippen molar-refractivity contribution in [2.75, 3.05) is 26.4 Å². The van der Waals surface area contributed by atoms with Crippen LogP contribution >= 0.6 is 0 Å². The molecule has 2 aliphatic rings. The van der Waals surface area contributed by atoms with Gasteiger partial charge in [0.05, 0.1) is 12.7 Å². The molecule has 5 nitrogen and oxygen atoms in total. The van der Waals surface area contributed by atoms with Gasteiger partial charge in [0.25, 0.3) is 0 Å². The van der Waals surface area contributed by atoms with Crippen LogP contribution in [0.4, 0.5) is 0 Å². The molecule has 2 fully saturated rings. The normalized spacial score (nSPS) is 31.4. The Morgan fingerprint density at radius 1 is 1.44 bits per heavy atom. The van der Waals surface area contributed by atoms with Crippen molar-refractivity contribution in [1.29, 1.82) is 0 Å². The van der Waals surface area contributed by atoms with Crippen molar-refractivity contribution >= 4 is 5.91 Å². The lowest BCUT2D eigenvalue weighted by Crippen LogP contribution is -2.61. The zero-order valence-corrected chi connectivity index (χ0v) is 11.1. The number of amides is 1. The van der Waals surface area contributed by atoms with Crippen molar-refractivity contribution in [3.05, 3.63) is 0 Å². The summed E-state index contributed by atoms with van der Waals surface area (Å²) in [5.74, 6) is -0.0834. The van der Waals surface area contributed by atoms with Crippen LogP contribution in [0.1, 0.15) is 32.6 Å². The molecule has 0 aliphatic carbocycles. The third-order valence-electron chi connectivity index (χ3n) is 4.29. The Labute approximate surface area is 108 Å². The highest BCUT2D eigenvalue weighted by atomic mass is 16.5. The van der Waals surface area contributed by atoms with E-state index in [1.54, 1.807) is 0 Å². The van der Waals surface area contributed by atoms with Crippen LogP contribution in [-0.4, -0.2) is 43.9 Å². The van der Waals surface area contributed by atoms with Gasteiger partial charge in [-0.25, -0.2) is 0 Å². The first-order chi connectivity index (χ1) is 8.69. The molecule has 3 unspecified atom stereocenters. The predicted molar refractivity (Wildman–Crippen MR) is 68.1 cm³/mol. The molecule has 104 valence electrons. The minimum Gasteiger partial charge on any atom is -0.381 e. The molecular formula is C13H24N2O3. The van der Waals surface area contributed by atoms with Gasteiger partial charge in [-0.2, -0.15) is 0 Å². The molecule has 3 N–H and O–H groups in total. The lowest BCUT2D eigenvalue weighted by Gasteiger charge is -2.36. The Bertz CT molecular complexity index is 286. The van der Waals surface area contributed by atoms with Crippen LogP contribution in [0.25, 0.3) is 0 Å². The maximum absolute atomic E-state index is 11.9. The summed E-state index contributed by atoms with van der Waals surface area (Å²) in [7, 11) is 0. The fraction of sp³-hybridized carbons (Fsp3) is 0.923. The van der Waals surface area contributed by atoms with Crippen molar-refractivity contribution in [1.82, 2.24) is 5.32 Å². The minimum atomic E-state index is -0.636. The predicted octanol–water partition coefficient (Wildman–Crippen LogP) is 0.426. The molecule has 2 saturated heterocycles. The number of nitrogens with two attached hydrogens (primary N) is 1. The van der Waals surface area contributed by atoms with Crippen molar-refractivity contribution in [3.63, 3.8) is 0 Å². The summed E-state index contributed by atoms with van der Waals surface area (Å²) in [5.41, 5.74) is 5.01. The van der Waals surface area contributed by atoms with Crippen molar-refractivity contribution in [3.8, 4) is 0 Å². The van der Waals surface area contributed by atoms with Gasteiger partial charge in [-0.3, -0.25) is 4.79 Å². The summed E-state index contributed by atoms with van der Waals surface area (Å²) in [5, 5.41) is 3.39. The van der Waals surface area contributed by atoms with E-state index in [0.29, 0.717) is 19.6 Å². The Morgan fingerprint density at radius 3 is 2.78 bits per heavy atom. The van der Waals surface area contributed by atoms with E-state index in [4.69, 9.17) is 15.2 Å².